The molecule has 0 aliphatic carbocycles. The minimum atomic E-state index is -0.635. The average Bonchev–Trinajstić information content (AvgIpc) is 2.32. The number of halogens is 2. The highest BCUT2D eigenvalue weighted by Crippen LogP contribution is 2.31. The summed E-state index contributed by atoms with van der Waals surface area (Å²) in [6.45, 7) is 3.61. The molecule has 1 aliphatic rings. The molecular formula is C13H14ClFN2O2. The van der Waals surface area contributed by atoms with E-state index < -0.39 is 11.9 Å². The van der Waals surface area contributed by atoms with Crippen LogP contribution >= 0.6 is 11.6 Å². The zero-order valence-electron chi connectivity index (χ0n) is 10.6. The summed E-state index contributed by atoms with van der Waals surface area (Å²) in [5.41, 5.74) is 0.363. The molecule has 0 spiro atoms. The Kier molecular flexibility index (Phi) is 3.75. The second kappa shape index (κ2) is 5.17. The normalized spacial score (nSPS) is 19.8. The molecule has 1 heterocycles. The largest absolute Gasteiger partial charge is 0.345 e. The van der Waals surface area contributed by atoms with Gasteiger partial charge < -0.3 is 5.32 Å². The van der Waals surface area contributed by atoms with Crippen LogP contribution in [0.5, 0.6) is 0 Å². The highest BCUT2D eigenvalue weighted by molar-refractivity contribution is 6.34. The number of amides is 2. The van der Waals surface area contributed by atoms with Gasteiger partial charge >= 0.3 is 0 Å². The van der Waals surface area contributed by atoms with Gasteiger partial charge in [0.15, 0.2) is 0 Å². The Morgan fingerprint density at radius 3 is 2.68 bits per heavy atom. The molecule has 1 N–H and O–H groups in total. The van der Waals surface area contributed by atoms with Gasteiger partial charge in [-0.25, -0.2) is 4.39 Å². The van der Waals surface area contributed by atoms with E-state index in [4.69, 9.17) is 11.6 Å². The van der Waals surface area contributed by atoms with E-state index in [-0.39, 0.29) is 29.3 Å². The first kappa shape index (κ1) is 13.8. The van der Waals surface area contributed by atoms with Crippen LogP contribution in [0.15, 0.2) is 18.2 Å². The second-order valence-corrected chi connectivity index (χ2v) is 5.17. The van der Waals surface area contributed by atoms with Crippen LogP contribution in [-0.2, 0) is 9.59 Å². The molecular weight excluding hydrogens is 271 g/mol. The highest BCUT2D eigenvalue weighted by Gasteiger charge is 2.38. The number of carbonyl (C=O) groups excluding carboxylic acids is 2. The average molecular weight is 285 g/mol. The van der Waals surface area contributed by atoms with Crippen LogP contribution in [0, 0.1) is 11.7 Å². The van der Waals surface area contributed by atoms with Gasteiger partial charge in [-0.15, -0.1) is 0 Å². The van der Waals surface area contributed by atoms with Crippen molar-refractivity contribution in [3.63, 3.8) is 0 Å². The van der Waals surface area contributed by atoms with Crippen molar-refractivity contribution in [3.8, 4) is 0 Å². The lowest BCUT2D eigenvalue weighted by atomic mass is 9.98. The fourth-order valence-corrected chi connectivity index (χ4v) is 2.44. The minimum Gasteiger partial charge on any atom is -0.345 e. The van der Waals surface area contributed by atoms with E-state index in [2.05, 4.69) is 5.32 Å². The molecule has 1 aromatic rings. The molecule has 2 amide bonds. The third-order valence-corrected chi connectivity index (χ3v) is 3.33. The van der Waals surface area contributed by atoms with Gasteiger partial charge in [-0.05, 0) is 24.1 Å². The molecule has 0 bridgehead atoms. The van der Waals surface area contributed by atoms with Gasteiger partial charge in [-0.3, -0.25) is 14.5 Å². The Bertz CT molecular complexity index is 533. The fourth-order valence-electron chi connectivity index (χ4n) is 2.19. The van der Waals surface area contributed by atoms with Crippen LogP contribution in [0.3, 0.4) is 0 Å². The zero-order valence-corrected chi connectivity index (χ0v) is 11.4. The Hall–Kier alpha value is -1.62. The predicted octanol–water partition coefficient (Wildman–Crippen LogP) is 1.97. The molecule has 0 saturated carbocycles. The molecule has 0 aromatic heterocycles. The molecule has 19 heavy (non-hydrogen) atoms. The van der Waals surface area contributed by atoms with Crippen LogP contribution < -0.4 is 10.2 Å². The molecule has 1 atom stereocenters. The highest BCUT2D eigenvalue weighted by atomic mass is 35.5. The molecule has 1 aliphatic heterocycles. The van der Waals surface area contributed by atoms with Gasteiger partial charge in [0, 0.05) is 0 Å². The van der Waals surface area contributed by atoms with Crippen molar-refractivity contribution < 1.29 is 14.0 Å². The first-order valence-corrected chi connectivity index (χ1v) is 6.34. The number of piperazine rings is 1. The number of anilines is 1. The van der Waals surface area contributed by atoms with Crippen molar-refractivity contribution in [2.24, 2.45) is 5.92 Å². The van der Waals surface area contributed by atoms with Crippen molar-refractivity contribution in [1.29, 1.82) is 0 Å². The Labute approximate surface area is 115 Å². The van der Waals surface area contributed by atoms with Gasteiger partial charge in [0.2, 0.25) is 11.8 Å². The standard InChI is InChI=1S/C13H14ClFN2O2/c1-7(2)12-13(19)16-6-11(18)17(12)10-4-3-8(15)5-9(10)14/h3-5,7,12H,6H2,1-2H3,(H,16,19). The lowest BCUT2D eigenvalue weighted by Crippen LogP contribution is -2.60. The minimum absolute atomic E-state index is 0.0737. The maximum atomic E-state index is 13.1. The maximum absolute atomic E-state index is 13.1. The molecule has 2 rings (SSSR count). The Morgan fingerprint density at radius 2 is 2.11 bits per heavy atom. The SMILES string of the molecule is CC(C)C1C(=O)NCC(=O)N1c1ccc(F)cc1Cl. The summed E-state index contributed by atoms with van der Waals surface area (Å²) >= 11 is 5.98. The predicted molar refractivity (Wildman–Crippen MR) is 70.5 cm³/mol. The van der Waals surface area contributed by atoms with Gasteiger partial charge in [0.05, 0.1) is 17.3 Å². The first-order chi connectivity index (χ1) is 8.91. The van der Waals surface area contributed by atoms with Crippen LogP contribution in [0.2, 0.25) is 5.02 Å². The van der Waals surface area contributed by atoms with Crippen LogP contribution in [-0.4, -0.2) is 24.4 Å². The first-order valence-electron chi connectivity index (χ1n) is 5.96. The van der Waals surface area contributed by atoms with Crippen molar-refractivity contribution in [1.82, 2.24) is 5.32 Å². The van der Waals surface area contributed by atoms with Crippen LogP contribution in [0.4, 0.5) is 10.1 Å². The molecule has 1 aromatic carbocycles. The zero-order chi connectivity index (χ0) is 14.2. The number of nitrogens with one attached hydrogen (secondary N) is 1. The van der Waals surface area contributed by atoms with E-state index in [0.29, 0.717) is 5.69 Å². The summed E-state index contributed by atoms with van der Waals surface area (Å²) in [5, 5.41) is 2.67. The van der Waals surface area contributed by atoms with E-state index in [0.717, 1.165) is 6.07 Å². The monoisotopic (exact) mass is 284 g/mol. The number of hydrogen-bond donors (Lipinski definition) is 1. The number of rotatable bonds is 2. The number of nitrogens with zero attached hydrogens (tertiary/aromatic N) is 1. The van der Waals surface area contributed by atoms with Crippen molar-refractivity contribution in [3.05, 3.63) is 29.0 Å². The number of carbonyl (C=O) groups is 2. The van der Waals surface area contributed by atoms with E-state index in [1.54, 1.807) is 0 Å². The van der Waals surface area contributed by atoms with Crippen molar-refractivity contribution in [2.75, 3.05) is 11.4 Å². The third kappa shape index (κ3) is 2.56. The van der Waals surface area contributed by atoms with Crippen molar-refractivity contribution >= 4 is 29.1 Å². The summed E-state index contributed by atoms with van der Waals surface area (Å²) in [6, 6.07) is 3.14. The lowest BCUT2D eigenvalue weighted by molar-refractivity contribution is -0.131. The van der Waals surface area contributed by atoms with E-state index in [1.807, 2.05) is 13.8 Å². The van der Waals surface area contributed by atoms with Crippen molar-refractivity contribution in [2.45, 2.75) is 19.9 Å². The summed E-state index contributed by atoms with van der Waals surface area (Å²) in [5.74, 6) is -1.05. The third-order valence-electron chi connectivity index (χ3n) is 3.03. The maximum Gasteiger partial charge on any atom is 0.247 e. The topological polar surface area (TPSA) is 49.4 Å². The van der Waals surface area contributed by atoms with Crippen LogP contribution in [0.25, 0.3) is 0 Å². The summed E-state index contributed by atoms with van der Waals surface area (Å²) in [7, 11) is 0. The molecule has 1 fully saturated rings. The molecule has 0 radical (unpaired) electrons. The van der Waals surface area contributed by atoms with Gasteiger partial charge in [0.25, 0.3) is 0 Å². The molecule has 1 unspecified atom stereocenters. The Morgan fingerprint density at radius 1 is 1.42 bits per heavy atom. The van der Waals surface area contributed by atoms with Gasteiger partial charge in [-0.1, -0.05) is 25.4 Å². The number of hydrogen-bond acceptors (Lipinski definition) is 2. The molecule has 1 saturated heterocycles. The van der Waals surface area contributed by atoms with E-state index in [9.17, 15) is 14.0 Å². The number of benzene rings is 1. The molecule has 4 nitrogen and oxygen atoms in total. The van der Waals surface area contributed by atoms with Gasteiger partial charge in [-0.2, -0.15) is 0 Å². The summed E-state index contributed by atoms with van der Waals surface area (Å²) in [4.78, 5) is 25.3. The molecule has 102 valence electrons. The van der Waals surface area contributed by atoms with E-state index in [1.165, 1.54) is 17.0 Å². The Balaban J connectivity index is 2.48. The lowest BCUT2D eigenvalue weighted by Gasteiger charge is -2.37. The quantitative estimate of drug-likeness (QED) is 0.903. The van der Waals surface area contributed by atoms with Crippen LogP contribution in [0.1, 0.15) is 13.8 Å². The van der Waals surface area contributed by atoms with E-state index >= 15 is 0 Å². The molecule has 6 heteroatoms. The smallest absolute Gasteiger partial charge is 0.247 e. The second-order valence-electron chi connectivity index (χ2n) is 4.77. The fraction of sp³-hybridized carbons (Fsp3) is 0.385. The summed E-state index contributed by atoms with van der Waals surface area (Å²) in [6.07, 6.45) is 0. The summed E-state index contributed by atoms with van der Waals surface area (Å²) < 4.78 is 13.1. The van der Waals surface area contributed by atoms with Gasteiger partial charge in [0.1, 0.15) is 11.9 Å².